The molecule has 0 aromatic rings. The first kappa shape index (κ1) is 9.48. The number of hydrogen-bond donors (Lipinski definition) is 2. The Kier molecular flexibility index (Phi) is 4.71. The largest absolute Gasteiger partial charge is 0.394 e. The number of ether oxygens (including phenoxy) is 1. The third-order valence-electron chi connectivity index (χ3n) is 1.75. The van der Waals surface area contributed by atoms with Gasteiger partial charge in [-0.2, -0.15) is 5.10 Å². The molecule has 1 heterocycles. The first-order valence-electron chi connectivity index (χ1n) is 4.40. The molecule has 1 saturated heterocycles. The average Bonchev–Trinajstić information content (AvgIpc) is 2.33. The van der Waals surface area contributed by atoms with Gasteiger partial charge in [-0.1, -0.05) is 0 Å². The van der Waals surface area contributed by atoms with Gasteiger partial charge in [-0.25, -0.2) is 0 Å². The van der Waals surface area contributed by atoms with Crippen molar-refractivity contribution in [2.75, 3.05) is 26.4 Å². The van der Waals surface area contributed by atoms with E-state index in [-0.39, 0.29) is 6.61 Å². The van der Waals surface area contributed by atoms with E-state index in [0.29, 0.717) is 6.54 Å². The molecule has 0 bridgehead atoms. The van der Waals surface area contributed by atoms with Gasteiger partial charge in [0.1, 0.15) is 0 Å². The summed E-state index contributed by atoms with van der Waals surface area (Å²) in [5.41, 5.74) is 3.97. The minimum absolute atomic E-state index is 0.132. The third-order valence-corrected chi connectivity index (χ3v) is 1.75. The lowest BCUT2D eigenvalue weighted by Crippen LogP contribution is -2.14. The molecule has 0 radical (unpaired) electrons. The second-order valence-electron chi connectivity index (χ2n) is 2.78. The summed E-state index contributed by atoms with van der Waals surface area (Å²) in [5.74, 6) is 0. The Hall–Kier alpha value is -0.610. The van der Waals surface area contributed by atoms with Gasteiger partial charge in [0.25, 0.3) is 0 Å². The molecule has 0 amide bonds. The van der Waals surface area contributed by atoms with Gasteiger partial charge in [0.2, 0.25) is 0 Å². The van der Waals surface area contributed by atoms with E-state index in [1.807, 2.05) is 0 Å². The molecular weight excluding hydrogens is 156 g/mol. The number of hydrogen-bond acceptors (Lipinski definition) is 4. The number of aliphatic hydroxyl groups excluding tert-OH is 1. The maximum absolute atomic E-state index is 8.49. The van der Waals surface area contributed by atoms with Crippen molar-refractivity contribution in [3.63, 3.8) is 0 Å². The summed E-state index contributed by atoms with van der Waals surface area (Å²) < 4.78 is 5.27. The van der Waals surface area contributed by atoms with Gasteiger partial charge in [-0.3, -0.25) is 0 Å². The maximum atomic E-state index is 8.49. The smallest absolute Gasteiger partial charge is 0.0620 e. The molecule has 4 heteroatoms. The molecule has 0 aromatic heterocycles. The molecular formula is C8H16N2O2. The van der Waals surface area contributed by atoms with Crippen molar-refractivity contribution in [2.24, 2.45) is 5.10 Å². The van der Waals surface area contributed by atoms with Crippen molar-refractivity contribution in [1.82, 2.24) is 5.43 Å². The predicted octanol–water partition coefficient (Wildman–Crippen LogP) is 0.125. The van der Waals surface area contributed by atoms with Crippen molar-refractivity contribution in [1.29, 1.82) is 0 Å². The summed E-state index contributed by atoms with van der Waals surface area (Å²) in [7, 11) is 0. The summed E-state index contributed by atoms with van der Waals surface area (Å²) in [6.07, 6.45) is 2.98. The fraction of sp³-hybridized carbons (Fsp3) is 0.875. The van der Waals surface area contributed by atoms with Gasteiger partial charge in [-0.15, -0.1) is 0 Å². The fourth-order valence-corrected chi connectivity index (χ4v) is 1.12. The van der Waals surface area contributed by atoms with Crippen LogP contribution in [0.2, 0.25) is 0 Å². The number of hydrazone groups is 1. The Morgan fingerprint density at radius 1 is 1.42 bits per heavy atom. The number of nitrogens with zero attached hydrogens (tertiary/aromatic N) is 1. The Labute approximate surface area is 72.6 Å². The first-order valence-corrected chi connectivity index (χ1v) is 4.40. The highest BCUT2D eigenvalue weighted by molar-refractivity contribution is 5.84. The Balaban J connectivity index is 2.22. The monoisotopic (exact) mass is 172 g/mol. The lowest BCUT2D eigenvalue weighted by molar-refractivity contribution is 0.147. The molecule has 2 N–H and O–H groups in total. The average molecular weight is 172 g/mol. The first-order chi connectivity index (χ1) is 5.93. The van der Waals surface area contributed by atoms with Crippen LogP contribution in [0.3, 0.4) is 0 Å². The van der Waals surface area contributed by atoms with Gasteiger partial charge in [0.05, 0.1) is 19.8 Å². The van der Waals surface area contributed by atoms with Crippen LogP contribution in [0, 0.1) is 0 Å². The van der Waals surface area contributed by atoms with Crippen LogP contribution in [0.25, 0.3) is 0 Å². The Morgan fingerprint density at radius 3 is 3.17 bits per heavy atom. The topological polar surface area (TPSA) is 53.8 Å². The molecule has 0 spiro atoms. The van der Waals surface area contributed by atoms with Crippen LogP contribution in [0.15, 0.2) is 5.10 Å². The second-order valence-corrected chi connectivity index (χ2v) is 2.78. The van der Waals surface area contributed by atoms with Crippen LogP contribution in [0.4, 0.5) is 0 Å². The van der Waals surface area contributed by atoms with Crippen molar-refractivity contribution >= 4 is 5.71 Å². The molecule has 0 saturated carbocycles. The van der Waals surface area contributed by atoms with Crippen molar-refractivity contribution in [3.05, 3.63) is 0 Å². The third kappa shape index (κ3) is 3.69. The van der Waals surface area contributed by atoms with E-state index in [0.717, 1.165) is 38.2 Å². The molecule has 0 aromatic carbocycles. The maximum Gasteiger partial charge on any atom is 0.0620 e. The van der Waals surface area contributed by atoms with Gasteiger partial charge in [0, 0.05) is 18.7 Å². The van der Waals surface area contributed by atoms with E-state index in [1.165, 1.54) is 0 Å². The molecule has 12 heavy (non-hydrogen) atoms. The summed E-state index contributed by atoms with van der Waals surface area (Å²) in [6, 6.07) is 0. The summed E-state index contributed by atoms with van der Waals surface area (Å²) in [6.45, 7) is 2.29. The number of rotatable bonds is 3. The van der Waals surface area contributed by atoms with Gasteiger partial charge in [-0.05, 0) is 12.8 Å². The quantitative estimate of drug-likeness (QED) is 0.470. The SMILES string of the molecule is OCCN/N=C1/CCCOCC1. The number of aliphatic hydroxyl groups is 1. The van der Waals surface area contributed by atoms with E-state index in [1.54, 1.807) is 0 Å². The van der Waals surface area contributed by atoms with Crippen molar-refractivity contribution in [2.45, 2.75) is 19.3 Å². The summed E-state index contributed by atoms with van der Waals surface area (Å²) in [5, 5.41) is 12.7. The molecule has 0 atom stereocenters. The second kappa shape index (κ2) is 5.97. The predicted molar refractivity (Wildman–Crippen MR) is 47.2 cm³/mol. The molecule has 4 nitrogen and oxygen atoms in total. The molecule has 70 valence electrons. The van der Waals surface area contributed by atoms with Crippen LogP contribution in [0.5, 0.6) is 0 Å². The number of nitrogens with one attached hydrogen (secondary N) is 1. The zero-order chi connectivity index (χ0) is 8.65. The fourth-order valence-electron chi connectivity index (χ4n) is 1.12. The van der Waals surface area contributed by atoms with Crippen LogP contribution in [-0.2, 0) is 4.74 Å². The molecule has 1 aliphatic rings. The molecule has 1 fully saturated rings. The van der Waals surface area contributed by atoms with E-state index in [4.69, 9.17) is 9.84 Å². The van der Waals surface area contributed by atoms with Crippen LogP contribution in [-0.4, -0.2) is 37.2 Å². The van der Waals surface area contributed by atoms with E-state index in [9.17, 15) is 0 Å². The van der Waals surface area contributed by atoms with Crippen LogP contribution < -0.4 is 5.43 Å². The summed E-state index contributed by atoms with van der Waals surface area (Å²) in [4.78, 5) is 0. The molecule has 0 unspecified atom stereocenters. The molecule has 1 rings (SSSR count). The highest BCUT2D eigenvalue weighted by atomic mass is 16.5. The molecule has 0 aliphatic carbocycles. The van der Waals surface area contributed by atoms with Crippen LogP contribution in [0.1, 0.15) is 19.3 Å². The van der Waals surface area contributed by atoms with E-state index in [2.05, 4.69) is 10.5 Å². The standard InChI is InChI=1S/C8H16N2O2/c11-5-4-9-10-8-2-1-6-12-7-3-8/h9,11H,1-7H2/b10-8-. The van der Waals surface area contributed by atoms with E-state index < -0.39 is 0 Å². The normalized spacial score (nSPS) is 22.2. The minimum Gasteiger partial charge on any atom is -0.394 e. The zero-order valence-electron chi connectivity index (χ0n) is 7.25. The lowest BCUT2D eigenvalue weighted by Gasteiger charge is -2.01. The van der Waals surface area contributed by atoms with Crippen LogP contribution >= 0.6 is 0 Å². The van der Waals surface area contributed by atoms with Gasteiger partial charge in [0.15, 0.2) is 0 Å². The zero-order valence-corrected chi connectivity index (χ0v) is 7.25. The highest BCUT2D eigenvalue weighted by Gasteiger charge is 2.04. The lowest BCUT2D eigenvalue weighted by atomic mass is 10.2. The van der Waals surface area contributed by atoms with Crippen molar-refractivity contribution < 1.29 is 9.84 Å². The van der Waals surface area contributed by atoms with Gasteiger partial charge >= 0.3 is 0 Å². The highest BCUT2D eigenvalue weighted by Crippen LogP contribution is 2.03. The Bertz CT molecular complexity index is 138. The van der Waals surface area contributed by atoms with Crippen molar-refractivity contribution in [3.8, 4) is 0 Å². The minimum atomic E-state index is 0.132. The summed E-state index contributed by atoms with van der Waals surface area (Å²) >= 11 is 0. The van der Waals surface area contributed by atoms with Gasteiger partial charge < -0.3 is 15.3 Å². The molecule has 1 aliphatic heterocycles. The van der Waals surface area contributed by atoms with E-state index >= 15 is 0 Å². The Morgan fingerprint density at radius 2 is 2.33 bits per heavy atom.